The SMILES string of the molecule is CC.CC1=C(/C=C/C(C)=C/C=O)C(C)(C)CCC1. The molecule has 0 fully saturated rings. The fourth-order valence-corrected chi connectivity index (χ4v) is 2.39. The van der Waals surface area contributed by atoms with Gasteiger partial charge in [-0.1, -0.05) is 45.4 Å². The molecule has 1 aliphatic carbocycles. The van der Waals surface area contributed by atoms with Gasteiger partial charge in [0, 0.05) is 0 Å². The Morgan fingerprint density at radius 2 is 1.89 bits per heavy atom. The van der Waals surface area contributed by atoms with Gasteiger partial charge in [-0.3, -0.25) is 4.79 Å². The third kappa shape index (κ3) is 5.03. The van der Waals surface area contributed by atoms with E-state index in [1.807, 2.05) is 26.8 Å². The van der Waals surface area contributed by atoms with Gasteiger partial charge >= 0.3 is 0 Å². The zero-order valence-corrected chi connectivity index (χ0v) is 12.8. The fraction of sp³-hybridized carbons (Fsp3) is 0.588. The van der Waals surface area contributed by atoms with Gasteiger partial charge in [-0.15, -0.1) is 0 Å². The van der Waals surface area contributed by atoms with E-state index in [0.29, 0.717) is 0 Å². The second-order valence-electron chi connectivity index (χ2n) is 5.31. The van der Waals surface area contributed by atoms with E-state index in [2.05, 4.69) is 26.8 Å². The molecule has 0 aromatic carbocycles. The van der Waals surface area contributed by atoms with Crippen LogP contribution in [-0.4, -0.2) is 6.29 Å². The van der Waals surface area contributed by atoms with Crippen molar-refractivity contribution in [3.8, 4) is 0 Å². The molecule has 0 saturated heterocycles. The van der Waals surface area contributed by atoms with Gasteiger partial charge in [-0.2, -0.15) is 0 Å². The normalized spacial score (nSPS) is 19.6. The molecule has 1 heteroatoms. The van der Waals surface area contributed by atoms with Crippen LogP contribution in [0.3, 0.4) is 0 Å². The van der Waals surface area contributed by atoms with Crippen LogP contribution in [-0.2, 0) is 4.79 Å². The summed E-state index contributed by atoms with van der Waals surface area (Å²) in [6.45, 7) is 12.8. The smallest absolute Gasteiger partial charge is 0.143 e. The Labute approximate surface area is 113 Å². The van der Waals surface area contributed by atoms with E-state index in [-0.39, 0.29) is 5.41 Å². The molecule has 0 bridgehead atoms. The minimum absolute atomic E-state index is 0.278. The van der Waals surface area contributed by atoms with Gasteiger partial charge in [0.25, 0.3) is 0 Å². The lowest BCUT2D eigenvalue weighted by Crippen LogP contribution is -2.19. The monoisotopic (exact) mass is 248 g/mol. The summed E-state index contributed by atoms with van der Waals surface area (Å²) in [7, 11) is 0. The maximum atomic E-state index is 10.3. The van der Waals surface area contributed by atoms with Crippen LogP contribution in [0, 0.1) is 5.41 Å². The van der Waals surface area contributed by atoms with E-state index in [9.17, 15) is 4.79 Å². The minimum Gasteiger partial charge on any atom is -0.299 e. The lowest BCUT2D eigenvalue weighted by molar-refractivity contribution is -0.104. The van der Waals surface area contributed by atoms with E-state index in [1.165, 1.54) is 30.4 Å². The molecule has 0 saturated carbocycles. The summed E-state index contributed by atoms with van der Waals surface area (Å²) in [6, 6.07) is 0. The van der Waals surface area contributed by atoms with E-state index in [1.54, 1.807) is 6.08 Å². The van der Waals surface area contributed by atoms with Crippen molar-refractivity contribution in [2.24, 2.45) is 5.41 Å². The summed E-state index contributed by atoms with van der Waals surface area (Å²) in [4.78, 5) is 10.3. The van der Waals surface area contributed by atoms with Gasteiger partial charge in [0.1, 0.15) is 6.29 Å². The first-order valence-corrected chi connectivity index (χ1v) is 6.98. The first kappa shape index (κ1) is 16.9. The van der Waals surface area contributed by atoms with Crippen LogP contribution in [0.1, 0.15) is 60.8 Å². The van der Waals surface area contributed by atoms with Crippen molar-refractivity contribution in [3.05, 3.63) is 34.9 Å². The molecule has 1 rings (SSSR count). The predicted molar refractivity (Wildman–Crippen MR) is 80.6 cm³/mol. The average molecular weight is 248 g/mol. The fourth-order valence-electron chi connectivity index (χ4n) is 2.39. The molecular formula is C17H28O. The number of hydrogen-bond donors (Lipinski definition) is 0. The molecule has 18 heavy (non-hydrogen) atoms. The van der Waals surface area contributed by atoms with Crippen LogP contribution in [0.15, 0.2) is 34.9 Å². The Morgan fingerprint density at radius 1 is 1.28 bits per heavy atom. The summed E-state index contributed by atoms with van der Waals surface area (Å²) in [5.74, 6) is 0. The lowest BCUT2D eigenvalue weighted by atomic mass is 9.72. The largest absolute Gasteiger partial charge is 0.299 e. The standard InChI is InChI=1S/C15H22O.C2H6/c1-12(9-11-16)7-8-14-13(2)6-5-10-15(14,3)4;1-2/h7-9,11H,5-6,10H2,1-4H3;1-2H3/b8-7+,12-9+;. The minimum atomic E-state index is 0.278. The highest BCUT2D eigenvalue weighted by Crippen LogP contribution is 2.40. The van der Waals surface area contributed by atoms with Crippen molar-refractivity contribution in [1.82, 2.24) is 0 Å². The van der Waals surface area contributed by atoms with Crippen molar-refractivity contribution in [3.63, 3.8) is 0 Å². The summed E-state index contributed by atoms with van der Waals surface area (Å²) >= 11 is 0. The molecule has 0 unspecified atom stereocenters. The quantitative estimate of drug-likeness (QED) is 0.379. The molecule has 0 radical (unpaired) electrons. The second-order valence-corrected chi connectivity index (χ2v) is 5.31. The Kier molecular flexibility index (Phi) is 7.58. The first-order valence-electron chi connectivity index (χ1n) is 6.98. The third-order valence-corrected chi connectivity index (χ3v) is 3.39. The average Bonchev–Trinajstić information content (AvgIpc) is 2.30. The maximum Gasteiger partial charge on any atom is 0.143 e. The van der Waals surface area contributed by atoms with Crippen molar-refractivity contribution < 1.29 is 4.79 Å². The highest BCUT2D eigenvalue weighted by molar-refractivity contribution is 5.67. The van der Waals surface area contributed by atoms with E-state index < -0.39 is 0 Å². The van der Waals surface area contributed by atoms with Crippen LogP contribution in [0.25, 0.3) is 0 Å². The Bertz CT molecular complexity index is 354. The highest BCUT2D eigenvalue weighted by Gasteiger charge is 2.26. The van der Waals surface area contributed by atoms with Crippen LogP contribution in [0.2, 0.25) is 0 Å². The summed E-state index contributed by atoms with van der Waals surface area (Å²) in [5.41, 5.74) is 4.22. The van der Waals surface area contributed by atoms with Crippen LogP contribution in [0.4, 0.5) is 0 Å². The predicted octanol–water partition coefficient (Wildman–Crippen LogP) is 5.24. The second kappa shape index (κ2) is 8.07. The molecule has 0 atom stereocenters. The molecule has 0 aliphatic heterocycles. The van der Waals surface area contributed by atoms with Crippen molar-refractivity contribution >= 4 is 6.29 Å². The molecule has 102 valence electrons. The van der Waals surface area contributed by atoms with Crippen molar-refractivity contribution in [2.75, 3.05) is 0 Å². The number of carbonyl (C=O) groups is 1. The summed E-state index contributed by atoms with van der Waals surface area (Å²) < 4.78 is 0. The number of carbonyl (C=O) groups excluding carboxylic acids is 1. The lowest BCUT2D eigenvalue weighted by Gasteiger charge is -2.32. The Balaban J connectivity index is 0.00000137. The zero-order valence-electron chi connectivity index (χ0n) is 12.8. The van der Waals surface area contributed by atoms with E-state index in [4.69, 9.17) is 0 Å². The molecule has 0 aromatic heterocycles. The first-order chi connectivity index (χ1) is 8.47. The number of aldehydes is 1. The van der Waals surface area contributed by atoms with E-state index in [0.717, 1.165) is 11.9 Å². The molecule has 0 aromatic rings. The van der Waals surface area contributed by atoms with Gasteiger partial charge in [-0.25, -0.2) is 0 Å². The van der Waals surface area contributed by atoms with Crippen LogP contribution < -0.4 is 0 Å². The molecule has 1 nitrogen and oxygen atoms in total. The molecule has 0 heterocycles. The molecule has 0 amide bonds. The van der Waals surface area contributed by atoms with Gasteiger partial charge in [0.05, 0.1) is 0 Å². The van der Waals surface area contributed by atoms with Crippen molar-refractivity contribution in [2.45, 2.75) is 60.8 Å². The molecule has 0 spiro atoms. The Hall–Kier alpha value is -1.11. The van der Waals surface area contributed by atoms with Crippen molar-refractivity contribution in [1.29, 1.82) is 0 Å². The maximum absolute atomic E-state index is 10.3. The summed E-state index contributed by atoms with van der Waals surface area (Å²) in [6.07, 6.45) is 10.4. The van der Waals surface area contributed by atoms with Gasteiger partial charge in [-0.05, 0) is 55.7 Å². The molecule has 1 aliphatic rings. The molecular weight excluding hydrogens is 220 g/mol. The van der Waals surface area contributed by atoms with Gasteiger partial charge < -0.3 is 0 Å². The number of allylic oxidation sites excluding steroid dienone is 6. The van der Waals surface area contributed by atoms with Gasteiger partial charge in [0.15, 0.2) is 0 Å². The van der Waals surface area contributed by atoms with Crippen LogP contribution >= 0.6 is 0 Å². The van der Waals surface area contributed by atoms with Crippen LogP contribution in [0.5, 0.6) is 0 Å². The zero-order chi connectivity index (χ0) is 14.2. The third-order valence-electron chi connectivity index (χ3n) is 3.39. The van der Waals surface area contributed by atoms with Gasteiger partial charge in [0.2, 0.25) is 0 Å². The number of rotatable bonds is 3. The van der Waals surface area contributed by atoms with E-state index >= 15 is 0 Å². The Morgan fingerprint density at radius 3 is 2.39 bits per heavy atom. The molecule has 0 N–H and O–H groups in total. The number of hydrogen-bond acceptors (Lipinski definition) is 1. The highest BCUT2D eigenvalue weighted by atomic mass is 16.1. The summed E-state index contributed by atoms with van der Waals surface area (Å²) in [5, 5.41) is 0. The topological polar surface area (TPSA) is 17.1 Å².